The Kier molecular flexibility index (Phi) is 3.09. The van der Waals surface area contributed by atoms with Gasteiger partial charge in [0.05, 0.1) is 0 Å². The molecule has 0 aromatic carbocycles. The SMILES string of the molecule is O=CNCC1=CCC=CS1. The quantitative estimate of drug-likeness (QED) is 0.622. The van der Waals surface area contributed by atoms with Gasteiger partial charge in [-0.25, -0.2) is 0 Å². The summed E-state index contributed by atoms with van der Waals surface area (Å²) in [5.41, 5.74) is 0. The van der Waals surface area contributed by atoms with Gasteiger partial charge in [0.15, 0.2) is 0 Å². The molecule has 0 atom stereocenters. The van der Waals surface area contributed by atoms with E-state index in [1.165, 1.54) is 4.91 Å². The van der Waals surface area contributed by atoms with Crippen molar-refractivity contribution < 1.29 is 4.79 Å². The van der Waals surface area contributed by atoms with Gasteiger partial charge in [-0.05, 0) is 11.8 Å². The lowest BCUT2D eigenvalue weighted by Gasteiger charge is -2.05. The summed E-state index contributed by atoms with van der Waals surface area (Å²) >= 11 is 1.66. The van der Waals surface area contributed by atoms with Crippen LogP contribution in [0.5, 0.6) is 0 Å². The second-order valence-electron chi connectivity index (χ2n) is 1.89. The van der Waals surface area contributed by atoms with Crippen LogP contribution in [0.25, 0.3) is 0 Å². The highest BCUT2D eigenvalue weighted by molar-refractivity contribution is 8.05. The third-order valence-corrected chi connectivity index (χ3v) is 2.10. The second-order valence-corrected chi connectivity index (χ2v) is 2.93. The Hall–Kier alpha value is -0.700. The van der Waals surface area contributed by atoms with Crippen molar-refractivity contribution in [3.8, 4) is 0 Å². The summed E-state index contributed by atoms with van der Waals surface area (Å²) in [5, 5.41) is 4.66. The molecule has 1 heterocycles. The van der Waals surface area contributed by atoms with Crippen LogP contribution in [0.1, 0.15) is 6.42 Å². The summed E-state index contributed by atoms with van der Waals surface area (Å²) in [6.45, 7) is 0.665. The predicted molar refractivity (Wildman–Crippen MR) is 43.5 cm³/mol. The third-order valence-electron chi connectivity index (χ3n) is 1.16. The molecule has 54 valence electrons. The van der Waals surface area contributed by atoms with E-state index in [4.69, 9.17) is 0 Å². The highest BCUT2D eigenvalue weighted by atomic mass is 32.2. The summed E-state index contributed by atoms with van der Waals surface area (Å²) in [5.74, 6) is 0. The molecule has 1 N–H and O–H groups in total. The molecule has 0 saturated carbocycles. The Morgan fingerprint density at radius 1 is 1.80 bits per heavy atom. The van der Waals surface area contributed by atoms with Crippen molar-refractivity contribution >= 4 is 18.2 Å². The number of thioether (sulfide) groups is 1. The van der Waals surface area contributed by atoms with Crippen molar-refractivity contribution in [3.63, 3.8) is 0 Å². The van der Waals surface area contributed by atoms with Crippen molar-refractivity contribution in [2.24, 2.45) is 0 Å². The molecule has 0 saturated heterocycles. The van der Waals surface area contributed by atoms with Crippen LogP contribution in [0, 0.1) is 0 Å². The number of carbonyl (C=O) groups excluding carboxylic acids is 1. The van der Waals surface area contributed by atoms with Gasteiger partial charge in [-0.15, -0.1) is 11.8 Å². The maximum atomic E-state index is 9.88. The summed E-state index contributed by atoms with van der Waals surface area (Å²) in [4.78, 5) is 11.1. The van der Waals surface area contributed by atoms with Gasteiger partial charge in [-0.1, -0.05) is 12.2 Å². The minimum absolute atomic E-state index is 0.665. The second kappa shape index (κ2) is 4.17. The Balaban J connectivity index is 2.27. The number of rotatable bonds is 3. The number of nitrogens with one attached hydrogen (secondary N) is 1. The van der Waals surface area contributed by atoms with E-state index in [1.54, 1.807) is 11.8 Å². The van der Waals surface area contributed by atoms with Gasteiger partial charge >= 0.3 is 0 Å². The first-order valence-electron chi connectivity index (χ1n) is 3.11. The molecule has 0 aromatic rings. The van der Waals surface area contributed by atoms with Crippen LogP contribution in [0.3, 0.4) is 0 Å². The molecule has 3 heteroatoms. The topological polar surface area (TPSA) is 29.1 Å². The van der Waals surface area contributed by atoms with E-state index in [2.05, 4.69) is 17.5 Å². The standard InChI is InChI=1S/C7H9NOS/c9-6-8-5-7-3-1-2-4-10-7/h2-4,6H,1,5H2,(H,8,9). The van der Waals surface area contributed by atoms with Crippen LogP contribution in [0.15, 0.2) is 22.5 Å². The summed E-state index contributed by atoms with van der Waals surface area (Å²) in [6, 6.07) is 0. The minimum Gasteiger partial charge on any atom is -0.354 e. The first-order chi connectivity index (χ1) is 4.93. The number of carbonyl (C=O) groups is 1. The molecular weight excluding hydrogens is 146 g/mol. The average molecular weight is 155 g/mol. The van der Waals surface area contributed by atoms with Crippen LogP contribution in [-0.4, -0.2) is 13.0 Å². The first kappa shape index (κ1) is 7.41. The molecule has 0 unspecified atom stereocenters. The van der Waals surface area contributed by atoms with E-state index >= 15 is 0 Å². The lowest BCUT2D eigenvalue weighted by atomic mass is 10.3. The number of hydrogen-bond donors (Lipinski definition) is 1. The van der Waals surface area contributed by atoms with E-state index in [0.717, 1.165) is 12.8 Å². The maximum Gasteiger partial charge on any atom is 0.207 e. The lowest BCUT2D eigenvalue weighted by molar-refractivity contribution is -0.109. The highest BCUT2D eigenvalue weighted by Gasteiger charge is 1.96. The van der Waals surface area contributed by atoms with Crippen LogP contribution in [0.4, 0.5) is 0 Å². The normalized spacial score (nSPS) is 16.2. The maximum absolute atomic E-state index is 9.88. The number of allylic oxidation sites excluding steroid dienone is 2. The van der Waals surface area contributed by atoms with Crippen molar-refractivity contribution in [3.05, 3.63) is 22.5 Å². The molecule has 0 aromatic heterocycles. The Bertz CT molecular complexity index is 174. The molecule has 1 rings (SSSR count). The number of hydrogen-bond acceptors (Lipinski definition) is 2. The van der Waals surface area contributed by atoms with Crippen molar-refractivity contribution in [1.82, 2.24) is 5.32 Å². The highest BCUT2D eigenvalue weighted by Crippen LogP contribution is 2.20. The Morgan fingerprint density at radius 3 is 3.30 bits per heavy atom. The van der Waals surface area contributed by atoms with Gasteiger partial charge in [0, 0.05) is 11.4 Å². The van der Waals surface area contributed by atoms with Gasteiger partial charge in [-0.2, -0.15) is 0 Å². The number of amides is 1. The van der Waals surface area contributed by atoms with Crippen molar-refractivity contribution in [2.45, 2.75) is 6.42 Å². The van der Waals surface area contributed by atoms with Crippen LogP contribution in [0.2, 0.25) is 0 Å². The molecule has 1 amide bonds. The minimum atomic E-state index is 0.665. The Labute approximate surface area is 64.4 Å². The molecule has 0 radical (unpaired) electrons. The van der Waals surface area contributed by atoms with Crippen LogP contribution >= 0.6 is 11.8 Å². The van der Waals surface area contributed by atoms with Crippen LogP contribution in [-0.2, 0) is 4.79 Å². The van der Waals surface area contributed by atoms with E-state index < -0.39 is 0 Å². The van der Waals surface area contributed by atoms with Crippen molar-refractivity contribution in [2.75, 3.05) is 6.54 Å². The molecule has 0 fully saturated rings. The molecule has 0 bridgehead atoms. The van der Waals surface area contributed by atoms with Gasteiger partial charge in [0.25, 0.3) is 0 Å². The zero-order valence-corrected chi connectivity index (χ0v) is 6.36. The van der Waals surface area contributed by atoms with Crippen molar-refractivity contribution in [1.29, 1.82) is 0 Å². The molecule has 1 aliphatic heterocycles. The van der Waals surface area contributed by atoms with E-state index in [0.29, 0.717) is 6.54 Å². The molecule has 0 spiro atoms. The van der Waals surface area contributed by atoms with E-state index in [1.807, 2.05) is 5.41 Å². The fraction of sp³-hybridized carbons (Fsp3) is 0.286. The molecule has 10 heavy (non-hydrogen) atoms. The van der Waals surface area contributed by atoms with Gasteiger partial charge < -0.3 is 5.32 Å². The smallest absolute Gasteiger partial charge is 0.207 e. The predicted octanol–water partition coefficient (Wildman–Crippen LogP) is 1.27. The largest absolute Gasteiger partial charge is 0.354 e. The molecular formula is C7H9NOS. The van der Waals surface area contributed by atoms with Gasteiger partial charge in [0.1, 0.15) is 0 Å². The first-order valence-corrected chi connectivity index (χ1v) is 3.99. The fourth-order valence-electron chi connectivity index (χ4n) is 0.695. The fourth-order valence-corrected chi connectivity index (χ4v) is 1.44. The molecule has 0 aliphatic carbocycles. The lowest BCUT2D eigenvalue weighted by Crippen LogP contribution is -2.13. The van der Waals surface area contributed by atoms with E-state index in [-0.39, 0.29) is 0 Å². The summed E-state index contributed by atoms with van der Waals surface area (Å²) in [7, 11) is 0. The summed E-state index contributed by atoms with van der Waals surface area (Å²) in [6.07, 6.45) is 5.92. The Morgan fingerprint density at radius 2 is 2.70 bits per heavy atom. The van der Waals surface area contributed by atoms with Crippen LogP contribution < -0.4 is 5.32 Å². The monoisotopic (exact) mass is 155 g/mol. The van der Waals surface area contributed by atoms with Gasteiger partial charge in [0.2, 0.25) is 6.41 Å². The van der Waals surface area contributed by atoms with Gasteiger partial charge in [-0.3, -0.25) is 4.79 Å². The average Bonchev–Trinajstić information content (AvgIpc) is 2.03. The zero-order valence-electron chi connectivity index (χ0n) is 5.54. The van der Waals surface area contributed by atoms with E-state index in [9.17, 15) is 4.79 Å². The third kappa shape index (κ3) is 2.27. The zero-order chi connectivity index (χ0) is 7.23. The summed E-state index contributed by atoms with van der Waals surface area (Å²) < 4.78 is 0. The molecule has 2 nitrogen and oxygen atoms in total. The molecule has 1 aliphatic rings.